The van der Waals surface area contributed by atoms with E-state index in [9.17, 15) is 59.1 Å². The second-order valence-electron chi connectivity index (χ2n) is 25.5. The molecule has 520 valence electrons. The van der Waals surface area contributed by atoms with Crippen LogP contribution in [0.4, 0.5) is 0 Å². The van der Waals surface area contributed by atoms with Gasteiger partial charge in [-0.3, -0.25) is 74.0 Å². The molecule has 4 aromatic carbocycles. The van der Waals surface area contributed by atoms with E-state index in [0.717, 1.165) is 47.0 Å². The van der Waals surface area contributed by atoms with Crippen molar-refractivity contribution in [3.05, 3.63) is 144 Å². The molecule has 8 rings (SSSR count). The third-order valence-corrected chi connectivity index (χ3v) is 22.8. The number of carboxylic acids is 5. The van der Waals surface area contributed by atoms with Crippen LogP contribution >= 0.6 is 47.0 Å². The lowest BCUT2D eigenvalue weighted by molar-refractivity contribution is -0.143. The number of carboxylic acid groups (broad SMARTS) is 5. The van der Waals surface area contributed by atoms with Gasteiger partial charge in [-0.2, -0.15) is 0 Å². The van der Waals surface area contributed by atoms with Crippen LogP contribution in [-0.4, -0.2) is 186 Å². The van der Waals surface area contributed by atoms with Crippen molar-refractivity contribution in [2.45, 2.75) is 168 Å². The molecule has 18 N–H and O–H groups in total. The molecule has 0 saturated carbocycles. The third-order valence-electron chi connectivity index (χ3n) is 16.8. The van der Waals surface area contributed by atoms with Crippen LogP contribution in [0.3, 0.4) is 0 Å². The SMILES string of the molecule is CC1(C)SC(C(NC(=O)[C@H](NC(=O)C(NC(=O)[C@H](NC(=O)C(NC(=O)[C@H](NC(=O)C(NC(=O)[C@H](N)c2ccccc2)C2N[C@@H](C(=O)O)C(C)(C)S2)c2ccccc2)C2N[C@@H](C(=O)O)C(C)(C)S2)c2ccccc2)C2N[C@@H](C(=O)O)C(C)(C)S2)c2ccccc2)C(=O)O)N[C@H]1C(=O)O. The molecule has 0 aromatic heterocycles. The lowest BCUT2D eigenvalue weighted by Crippen LogP contribution is -2.62. The minimum Gasteiger partial charge on any atom is -0.480 e. The molecule has 0 aliphatic carbocycles. The summed E-state index contributed by atoms with van der Waals surface area (Å²) in [6, 6.07) is 11.9. The number of benzene rings is 4. The Hall–Kier alpha value is -8.28. The highest BCUT2D eigenvalue weighted by atomic mass is 32.2. The number of nitrogens with two attached hydrogens (primary N) is 1. The molecule has 4 saturated heterocycles. The van der Waals surface area contributed by atoms with Crippen LogP contribution < -0.4 is 64.2 Å². The van der Waals surface area contributed by atoms with Crippen LogP contribution in [0.2, 0.25) is 0 Å². The van der Waals surface area contributed by atoms with E-state index >= 15 is 24.0 Å². The zero-order chi connectivity index (χ0) is 71.2. The highest BCUT2D eigenvalue weighted by Crippen LogP contribution is 2.43. The molecular weight excluding hydrogens is 1340 g/mol. The highest BCUT2D eigenvalue weighted by Gasteiger charge is 2.55. The van der Waals surface area contributed by atoms with Gasteiger partial charge in [-0.05, 0) is 77.6 Å². The minimum absolute atomic E-state index is 0.0679. The van der Waals surface area contributed by atoms with E-state index in [-0.39, 0.29) is 16.7 Å². The number of aliphatic carboxylic acids is 5. The lowest BCUT2D eigenvalue weighted by Gasteiger charge is -2.31. The largest absolute Gasteiger partial charge is 0.480 e. The van der Waals surface area contributed by atoms with Crippen LogP contribution in [0.15, 0.2) is 121 Å². The quantitative estimate of drug-likeness (QED) is 0.0394. The fourth-order valence-electron chi connectivity index (χ4n) is 11.7. The standard InChI is InChI=1S/C64H78N12O17S4/c1-61(2)41(57(86)87)73-52(94-61)37(69-45(77)33(65)29-21-13-9-14-22-29)49(81)66-34(30-23-15-10-16-24-30)46(78)70-38(53-74-42(58(88)89)62(3,4)95-53)50(82)67-35(31-25-17-11-18-26-31)47(79)71-39(54-75-43(59(90)91)63(5,6)96-54)51(83)68-36(32-27-19-12-20-28-32)48(80)72-40(56(84)85)55-76-44(60(92)93)64(7,8)97-55/h9-28,33-44,52-55,73-76H,65H2,1-8H3,(H,66,81)(H,67,82)(H,68,83)(H,69,77)(H,70,78)(H,71,79)(H,72,80)(H,84,85)(H,86,87)(H,88,89)(H,90,91)(H,92,93)/t33-,34-,35-,36-,37?,38?,39?,40?,41+,42+,43+,44+,52?,53?,54?,55?/m1/s1. The van der Waals surface area contributed by atoms with Crippen LogP contribution in [0, 0.1) is 0 Å². The van der Waals surface area contributed by atoms with Gasteiger partial charge in [0.2, 0.25) is 41.4 Å². The van der Waals surface area contributed by atoms with Gasteiger partial charge in [0.1, 0.15) is 66.5 Å². The van der Waals surface area contributed by atoms with Gasteiger partial charge in [-0.15, -0.1) is 47.0 Å². The van der Waals surface area contributed by atoms with Crippen molar-refractivity contribution >= 4 is 118 Å². The molecule has 0 bridgehead atoms. The van der Waals surface area contributed by atoms with E-state index in [1.165, 1.54) is 60.7 Å². The van der Waals surface area contributed by atoms with Crippen LogP contribution in [0.25, 0.3) is 0 Å². The summed E-state index contributed by atoms with van der Waals surface area (Å²) in [6.07, 6.45) is 0. The number of amides is 7. The molecule has 4 aromatic rings. The summed E-state index contributed by atoms with van der Waals surface area (Å²) in [5.74, 6) is -14.2. The molecule has 7 amide bonds. The summed E-state index contributed by atoms with van der Waals surface area (Å²) in [5.41, 5.74) is 7.08. The Labute approximate surface area is 574 Å². The maximum absolute atomic E-state index is 15.5. The normalized spacial score (nSPS) is 25.1. The van der Waals surface area contributed by atoms with Gasteiger partial charge in [-0.25, -0.2) is 4.79 Å². The Kier molecular flexibility index (Phi) is 23.5. The predicted molar refractivity (Wildman–Crippen MR) is 361 cm³/mol. The Morgan fingerprint density at radius 1 is 0.330 bits per heavy atom. The van der Waals surface area contributed by atoms with Crippen LogP contribution in [-0.2, 0) is 57.5 Å². The zero-order valence-corrected chi connectivity index (χ0v) is 56.9. The van der Waals surface area contributed by atoms with Gasteiger partial charge in [0.25, 0.3) is 0 Å². The topological polar surface area (TPSA) is 464 Å². The zero-order valence-electron chi connectivity index (χ0n) is 53.6. The van der Waals surface area contributed by atoms with Gasteiger partial charge in [0.05, 0.1) is 21.5 Å². The molecule has 0 radical (unpaired) electrons. The van der Waals surface area contributed by atoms with E-state index in [4.69, 9.17) is 5.73 Å². The monoisotopic (exact) mass is 1410 g/mol. The summed E-state index contributed by atoms with van der Waals surface area (Å²) in [6.45, 7) is 12.7. The van der Waals surface area contributed by atoms with Crippen molar-refractivity contribution < 1.29 is 83.1 Å². The maximum Gasteiger partial charge on any atom is 0.328 e. The van der Waals surface area contributed by atoms with Crippen molar-refractivity contribution in [3.63, 3.8) is 0 Å². The first-order chi connectivity index (χ1) is 45.5. The van der Waals surface area contributed by atoms with E-state index in [0.29, 0.717) is 5.56 Å². The average molecular weight is 1420 g/mol. The Morgan fingerprint density at radius 3 is 0.773 bits per heavy atom. The lowest BCUT2D eigenvalue weighted by atomic mass is 10.0. The van der Waals surface area contributed by atoms with Crippen LogP contribution in [0.1, 0.15) is 102 Å². The van der Waals surface area contributed by atoms with Crippen molar-refractivity contribution in [2.24, 2.45) is 5.73 Å². The number of carbonyl (C=O) groups excluding carboxylic acids is 7. The predicted octanol–water partition coefficient (Wildman–Crippen LogP) is 0.860. The highest BCUT2D eigenvalue weighted by molar-refractivity contribution is 8.02. The molecular formula is C64H78N12O17S4. The number of carbonyl (C=O) groups is 12. The molecule has 4 heterocycles. The Balaban J connectivity index is 1.14. The molecule has 8 unspecified atom stereocenters. The first-order valence-electron chi connectivity index (χ1n) is 30.5. The van der Waals surface area contributed by atoms with Gasteiger partial charge < -0.3 is 68.5 Å². The van der Waals surface area contributed by atoms with Crippen molar-refractivity contribution in [1.82, 2.24) is 58.5 Å². The number of rotatable bonds is 27. The van der Waals surface area contributed by atoms with E-state index in [1.54, 1.807) is 116 Å². The fraction of sp³-hybridized carbons (Fsp3) is 0.438. The summed E-state index contributed by atoms with van der Waals surface area (Å²) >= 11 is 3.86. The van der Waals surface area contributed by atoms with E-state index in [2.05, 4.69) is 58.5 Å². The third kappa shape index (κ3) is 17.5. The smallest absolute Gasteiger partial charge is 0.328 e. The molecule has 29 nitrogen and oxygen atoms in total. The molecule has 4 aliphatic rings. The number of hydrogen-bond acceptors (Lipinski definition) is 21. The Morgan fingerprint density at radius 2 is 0.546 bits per heavy atom. The molecule has 4 aliphatic heterocycles. The summed E-state index contributed by atoms with van der Waals surface area (Å²) in [7, 11) is 0. The summed E-state index contributed by atoms with van der Waals surface area (Å²) < 4.78 is -4.52. The Bertz CT molecular complexity index is 3640. The van der Waals surface area contributed by atoms with Gasteiger partial charge in [0.15, 0.2) is 6.04 Å². The molecule has 16 atom stereocenters. The average Bonchev–Trinajstić information content (AvgIpc) is 1.70. The van der Waals surface area contributed by atoms with Crippen LogP contribution in [0.5, 0.6) is 0 Å². The van der Waals surface area contributed by atoms with Crippen molar-refractivity contribution in [2.75, 3.05) is 0 Å². The van der Waals surface area contributed by atoms with Gasteiger partial charge in [0, 0.05) is 19.0 Å². The minimum atomic E-state index is -1.87. The summed E-state index contributed by atoms with van der Waals surface area (Å²) in [4.78, 5) is 169. The second kappa shape index (κ2) is 30.6. The van der Waals surface area contributed by atoms with Crippen molar-refractivity contribution in [3.8, 4) is 0 Å². The molecule has 33 heteroatoms. The summed E-state index contributed by atoms with van der Waals surface area (Å²) in [5, 5.41) is 76.4. The molecule has 0 spiro atoms. The first-order valence-corrected chi connectivity index (χ1v) is 34.0. The molecule has 97 heavy (non-hydrogen) atoms. The number of thioether (sulfide) groups is 4. The second-order valence-corrected chi connectivity index (χ2v) is 32.7. The maximum atomic E-state index is 15.5. The number of hydrogen-bond donors (Lipinski definition) is 17. The van der Waals surface area contributed by atoms with Gasteiger partial charge >= 0.3 is 29.8 Å². The van der Waals surface area contributed by atoms with E-state index < -0.39 is 184 Å². The molecule has 4 fully saturated rings. The fourth-order valence-corrected chi connectivity index (χ4v) is 17.7. The first kappa shape index (κ1) is 74.5. The van der Waals surface area contributed by atoms with E-state index in [1.807, 2.05) is 0 Å². The van der Waals surface area contributed by atoms with Gasteiger partial charge in [-0.1, -0.05) is 121 Å². The van der Waals surface area contributed by atoms with Crippen molar-refractivity contribution in [1.29, 1.82) is 0 Å². The number of nitrogens with one attached hydrogen (secondary N) is 11.